The Balaban J connectivity index is 1.70. The Morgan fingerprint density at radius 3 is 2.88 bits per heavy atom. The number of hydrogen-bond donors (Lipinski definition) is 0. The lowest BCUT2D eigenvalue weighted by Gasteiger charge is -2.59. The molecule has 3 rings (SSSR count). The lowest BCUT2D eigenvalue weighted by molar-refractivity contribution is 0.0331. The molecule has 82 valence electrons. The van der Waals surface area contributed by atoms with Crippen molar-refractivity contribution in [1.82, 2.24) is 4.98 Å². The van der Waals surface area contributed by atoms with E-state index in [0.29, 0.717) is 11.0 Å². The minimum atomic E-state index is 0.587. The monoisotopic (exact) mass is 213 g/mol. The topological polar surface area (TPSA) is 39.9 Å². The molecular weight excluding hydrogens is 198 g/mol. The maximum Gasteiger partial charge on any atom is 0.129 e. The van der Waals surface area contributed by atoms with Crippen molar-refractivity contribution < 1.29 is 0 Å². The van der Waals surface area contributed by atoms with E-state index in [1.54, 1.807) is 12.3 Å². The summed E-state index contributed by atoms with van der Waals surface area (Å²) in [5, 5.41) is 8.83. The highest BCUT2D eigenvalue weighted by Gasteiger charge is 2.50. The first-order valence-corrected chi connectivity index (χ1v) is 5.82. The van der Waals surface area contributed by atoms with Crippen molar-refractivity contribution in [2.24, 2.45) is 11.3 Å². The van der Waals surface area contributed by atoms with Gasteiger partial charge in [-0.3, -0.25) is 0 Å². The zero-order valence-electron chi connectivity index (χ0n) is 9.48. The SMILES string of the molecule is CC1CC2(C1)CN(c1cc(C#N)ccn1)C2. The molecule has 1 aliphatic heterocycles. The molecule has 2 heterocycles. The van der Waals surface area contributed by atoms with Gasteiger partial charge in [0.05, 0.1) is 11.6 Å². The van der Waals surface area contributed by atoms with Crippen LogP contribution in [0.4, 0.5) is 5.82 Å². The first kappa shape index (κ1) is 9.65. The Hall–Kier alpha value is -1.56. The predicted molar refractivity (Wildman–Crippen MR) is 62.0 cm³/mol. The van der Waals surface area contributed by atoms with Gasteiger partial charge in [0.15, 0.2) is 0 Å². The largest absolute Gasteiger partial charge is 0.355 e. The second-order valence-electron chi connectivity index (χ2n) is 5.38. The van der Waals surface area contributed by atoms with Gasteiger partial charge in [0.25, 0.3) is 0 Å². The molecule has 1 aromatic heterocycles. The van der Waals surface area contributed by atoms with Crippen LogP contribution in [0.1, 0.15) is 25.3 Å². The fraction of sp³-hybridized carbons (Fsp3) is 0.538. The highest BCUT2D eigenvalue weighted by Crippen LogP contribution is 2.52. The molecule has 2 fully saturated rings. The van der Waals surface area contributed by atoms with Gasteiger partial charge < -0.3 is 4.90 Å². The molecule has 16 heavy (non-hydrogen) atoms. The Morgan fingerprint density at radius 2 is 2.25 bits per heavy atom. The summed E-state index contributed by atoms with van der Waals surface area (Å²) in [5.41, 5.74) is 1.29. The average Bonchev–Trinajstić information content (AvgIpc) is 2.21. The molecule has 1 aromatic rings. The lowest BCUT2D eigenvalue weighted by atomic mass is 9.58. The lowest BCUT2D eigenvalue weighted by Crippen LogP contribution is -2.62. The summed E-state index contributed by atoms with van der Waals surface area (Å²) in [4.78, 5) is 6.61. The molecule has 0 bridgehead atoms. The number of nitriles is 1. The van der Waals surface area contributed by atoms with Crippen LogP contribution in [0.2, 0.25) is 0 Å². The van der Waals surface area contributed by atoms with E-state index < -0.39 is 0 Å². The van der Waals surface area contributed by atoms with E-state index in [4.69, 9.17) is 5.26 Å². The summed E-state index contributed by atoms with van der Waals surface area (Å²) < 4.78 is 0. The second-order valence-corrected chi connectivity index (χ2v) is 5.38. The number of anilines is 1. The molecule has 1 saturated carbocycles. The van der Waals surface area contributed by atoms with Crippen molar-refractivity contribution in [3.8, 4) is 6.07 Å². The second kappa shape index (κ2) is 3.21. The van der Waals surface area contributed by atoms with Crippen LogP contribution in [-0.4, -0.2) is 18.1 Å². The van der Waals surface area contributed by atoms with E-state index in [0.717, 1.165) is 24.8 Å². The maximum atomic E-state index is 8.83. The molecule has 0 amide bonds. The van der Waals surface area contributed by atoms with E-state index >= 15 is 0 Å². The van der Waals surface area contributed by atoms with Gasteiger partial charge in [-0.25, -0.2) is 4.98 Å². The third kappa shape index (κ3) is 1.37. The minimum Gasteiger partial charge on any atom is -0.355 e. The smallest absolute Gasteiger partial charge is 0.129 e. The number of pyridine rings is 1. The predicted octanol–water partition coefficient (Wildman–Crippen LogP) is 2.19. The molecular formula is C13H15N3. The third-order valence-electron chi connectivity index (χ3n) is 3.81. The van der Waals surface area contributed by atoms with E-state index in [1.807, 2.05) is 6.07 Å². The molecule has 2 aliphatic rings. The van der Waals surface area contributed by atoms with Crippen LogP contribution >= 0.6 is 0 Å². The Morgan fingerprint density at radius 1 is 1.50 bits per heavy atom. The molecule has 0 atom stereocenters. The standard InChI is InChI=1S/C13H15N3/c1-10-5-13(6-10)8-16(9-13)12-4-11(7-14)2-3-15-12/h2-4,10H,5-6,8-9H2,1H3. The van der Waals surface area contributed by atoms with E-state index in [1.165, 1.54) is 12.8 Å². The number of rotatable bonds is 1. The van der Waals surface area contributed by atoms with Crippen molar-refractivity contribution in [1.29, 1.82) is 5.26 Å². The molecule has 3 heteroatoms. The molecule has 0 aromatic carbocycles. The summed E-state index contributed by atoms with van der Waals surface area (Å²) in [6.45, 7) is 4.57. The molecule has 0 radical (unpaired) electrons. The minimum absolute atomic E-state index is 0.587. The average molecular weight is 213 g/mol. The highest BCUT2D eigenvalue weighted by molar-refractivity contribution is 5.48. The van der Waals surface area contributed by atoms with Gasteiger partial charge >= 0.3 is 0 Å². The zero-order valence-corrected chi connectivity index (χ0v) is 9.48. The van der Waals surface area contributed by atoms with Gasteiger partial charge in [0.1, 0.15) is 5.82 Å². The van der Waals surface area contributed by atoms with E-state index in [9.17, 15) is 0 Å². The van der Waals surface area contributed by atoms with Crippen LogP contribution in [0.15, 0.2) is 18.3 Å². The highest BCUT2D eigenvalue weighted by atomic mass is 15.3. The van der Waals surface area contributed by atoms with Crippen molar-refractivity contribution in [2.45, 2.75) is 19.8 Å². The third-order valence-corrected chi connectivity index (χ3v) is 3.81. The van der Waals surface area contributed by atoms with Crippen molar-refractivity contribution in [3.63, 3.8) is 0 Å². The maximum absolute atomic E-state index is 8.83. The molecule has 1 spiro atoms. The van der Waals surface area contributed by atoms with Gasteiger partial charge in [-0.2, -0.15) is 5.26 Å². The first-order valence-electron chi connectivity index (χ1n) is 5.82. The van der Waals surface area contributed by atoms with Crippen LogP contribution in [0.25, 0.3) is 0 Å². The van der Waals surface area contributed by atoms with Gasteiger partial charge in [-0.1, -0.05) is 6.92 Å². The molecule has 0 unspecified atom stereocenters. The molecule has 1 aliphatic carbocycles. The van der Waals surface area contributed by atoms with Crippen molar-refractivity contribution in [3.05, 3.63) is 23.9 Å². The van der Waals surface area contributed by atoms with Gasteiger partial charge in [0, 0.05) is 24.7 Å². The molecule has 1 saturated heterocycles. The normalized spacial score (nSPS) is 22.4. The van der Waals surface area contributed by atoms with Gasteiger partial charge in [0.2, 0.25) is 0 Å². The Kier molecular flexibility index (Phi) is 1.94. The van der Waals surface area contributed by atoms with Crippen LogP contribution < -0.4 is 4.90 Å². The summed E-state index contributed by atoms with van der Waals surface area (Å²) in [6.07, 6.45) is 4.45. The zero-order chi connectivity index (χ0) is 11.2. The van der Waals surface area contributed by atoms with Crippen molar-refractivity contribution >= 4 is 5.82 Å². The van der Waals surface area contributed by atoms with Gasteiger partial charge in [-0.05, 0) is 30.9 Å². The quantitative estimate of drug-likeness (QED) is 0.718. The van der Waals surface area contributed by atoms with Crippen LogP contribution in [0, 0.1) is 22.7 Å². The Bertz CT molecular complexity index is 446. The summed E-state index contributed by atoms with van der Waals surface area (Å²) in [7, 11) is 0. The van der Waals surface area contributed by atoms with Crippen LogP contribution in [0.3, 0.4) is 0 Å². The van der Waals surface area contributed by atoms with Crippen LogP contribution in [-0.2, 0) is 0 Å². The summed E-state index contributed by atoms with van der Waals surface area (Å²) in [6, 6.07) is 5.80. The number of nitrogens with zero attached hydrogens (tertiary/aromatic N) is 3. The van der Waals surface area contributed by atoms with E-state index in [-0.39, 0.29) is 0 Å². The summed E-state index contributed by atoms with van der Waals surface area (Å²) >= 11 is 0. The van der Waals surface area contributed by atoms with E-state index in [2.05, 4.69) is 22.9 Å². The van der Waals surface area contributed by atoms with Crippen LogP contribution in [0.5, 0.6) is 0 Å². The number of aromatic nitrogens is 1. The fourth-order valence-electron chi connectivity index (χ4n) is 3.26. The van der Waals surface area contributed by atoms with Crippen molar-refractivity contribution in [2.75, 3.05) is 18.0 Å². The number of hydrogen-bond acceptors (Lipinski definition) is 3. The fourth-order valence-corrected chi connectivity index (χ4v) is 3.26. The summed E-state index contributed by atoms with van der Waals surface area (Å²) in [5.74, 6) is 1.87. The molecule has 3 nitrogen and oxygen atoms in total. The Labute approximate surface area is 95.7 Å². The molecule has 0 N–H and O–H groups in total. The first-order chi connectivity index (χ1) is 7.71. The van der Waals surface area contributed by atoms with Gasteiger partial charge in [-0.15, -0.1) is 0 Å².